The van der Waals surface area contributed by atoms with Gasteiger partial charge in [-0.05, 0) is 12.1 Å². The number of thiazole rings is 1. The average Bonchev–Trinajstić information content (AvgIpc) is 2.84. The lowest BCUT2D eigenvalue weighted by atomic mass is 10.3. The molecule has 0 saturated carbocycles. The molecule has 0 fully saturated rings. The summed E-state index contributed by atoms with van der Waals surface area (Å²) < 4.78 is 5.08. The van der Waals surface area contributed by atoms with E-state index in [-0.39, 0.29) is 17.3 Å². The van der Waals surface area contributed by atoms with Crippen molar-refractivity contribution in [3.05, 3.63) is 45.0 Å². The molecule has 0 atom stereocenters. The Morgan fingerprint density at radius 2 is 2.30 bits per heavy atom. The van der Waals surface area contributed by atoms with Crippen LogP contribution in [-0.4, -0.2) is 24.5 Å². The lowest BCUT2D eigenvalue weighted by molar-refractivity contribution is -0.115. The van der Waals surface area contributed by atoms with Crippen LogP contribution in [0.25, 0.3) is 0 Å². The molecule has 1 aromatic heterocycles. The standard InChI is InChI=1S/C13H15N3O3S/c1-19-11-4-2-3-9(5-11)15-12(17)7-14-6-10-8-20-13(18)16-10/h2-5,8,14H,6-7H2,1H3,(H,15,17)(H,16,18). The van der Waals surface area contributed by atoms with Gasteiger partial charge in [-0.25, -0.2) is 0 Å². The minimum atomic E-state index is -0.157. The van der Waals surface area contributed by atoms with E-state index in [1.807, 2.05) is 0 Å². The number of methoxy groups -OCH3 is 1. The number of ether oxygens (including phenoxy) is 1. The van der Waals surface area contributed by atoms with Crippen LogP contribution in [0.3, 0.4) is 0 Å². The topological polar surface area (TPSA) is 83.2 Å². The predicted molar refractivity (Wildman–Crippen MR) is 78.3 cm³/mol. The summed E-state index contributed by atoms with van der Waals surface area (Å²) in [7, 11) is 1.57. The van der Waals surface area contributed by atoms with E-state index < -0.39 is 0 Å². The van der Waals surface area contributed by atoms with Crippen LogP contribution in [0.2, 0.25) is 0 Å². The highest BCUT2D eigenvalue weighted by Gasteiger charge is 2.03. The SMILES string of the molecule is COc1cccc(NC(=O)CNCc2csc(=O)[nH]2)c1. The highest BCUT2D eigenvalue weighted by atomic mass is 32.1. The molecule has 2 aromatic rings. The largest absolute Gasteiger partial charge is 0.497 e. The van der Waals surface area contributed by atoms with Gasteiger partial charge in [0, 0.05) is 29.4 Å². The summed E-state index contributed by atoms with van der Waals surface area (Å²) in [6.45, 7) is 0.610. The van der Waals surface area contributed by atoms with E-state index in [4.69, 9.17) is 4.74 Å². The second-order valence-electron chi connectivity index (χ2n) is 4.06. The van der Waals surface area contributed by atoms with Crippen molar-refractivity contribution in [2.45, 2.75) is 6.54 Å². The molecule has 1 heterocycles. The van der Waals surface area contributed by atoms with Crippen molar-refractivity contribution < 1.29 is 9.53 Å². The molecule has 0 aliphatic carbocycles. The van der Waals surface area contributed by atoms with Gasteiger partial charge < -0.3 is 20.4 Å². The number of H-pyrrole nitrogens is 1. The van der Waals surface area contributed by atoms with E-state index in [2.05, 4.69) is 15.6 Å². The van der Waals surface area contributed by atoms with E-state index >= 15 is 0 Å². The molecule has 0 aliphatic heterocycles. The Morgan fingerprint density at radius 3 is 3.00 bits per heavy atom. The maximum absolute atomic E-state index is 11.7. The number of nitrogens with one attached hydrogen (secondary N) is 3. The van der Waals surface area contributed by atoms with Crippen LogP contribution in [0.5, 0.6) is 5.75 Å². The van der Waals surface area contributed by atoms with Gasteiger partial charge in [0.25, 0.3) is 0 Å². The number of hydrogen-bond donors (Lipinski definition) is 3. The molecular weight excluding hydrogens is 278 g/mol. The lowest BCUT2D eigenvalue weighted by Gasteiger charge is -2.07. The van der Waals surface area contributed by atoms with Crippen LogP contribution in [-0.2, 0) is 11.3 Å². The normalized spacial score (nSPS) is 10.2. The van der Waals surface area contributed by atoms with Crippen molar-refractivity contribution in [2.24, 2.45) is 0 Å². The van der Waals surface area contributed by atoms with Crippen LogP contribution >= 0.6 is 11.3 Å². The Labute approximate surface area is 119 Å². The average molecular weight is 293 g/mol. The van der Waals surface area contributed by atoms with Gasteiger partial charge in [-0.2, -0.15) is 0 Å². The third-order valence-corrected chi connectivity index (χ3v) is 3.24. The Morgan fingerprint density at radius 1 is 1.45 bits per heavy atom. The van der Waals surface area contributed by atoms with Crippen LogP contribution in [0.4, 0.5) is 5.69 Å². The Kier molecular flexibility index (Phi) is 4.91. The second-order valence-corrected chi connectivity index (χ2v) is 4.90. The number of aromatic nitrogens is 1. The van der Waals surface area contributed by atoms with Crippen molar-refractivity contribution in [3.63, 3.8) is 0 Å². The highest BCUT2D eigenvalue weighted by molar-refractivity contribution is 7.07. The van der Waals surface area contributed by atoms with Gasteiger partial charge in [0.15, 0.2) is 0 Å². The Balaban J connectivity index is 1.78. The molecule has 0 bridgehead atoms. The first kappa shape index (κ1) is 14.3. The van der Waals surface area contributed by atoms with Gasteiger partial charge in [-0.15, -0.1) is 0 Å². The maximum Gasteiger partial charge on any atom is 0.304 e. The Hall–Kier alpha value is -2.12. The third-order valence-electron chi connectivity index (χ3n) is 2.53. The summed E-state index contributed by atoms with van der Waals surface area (Å²) >= 11 is 1.10. The minimum Gasteiger partial charge on any atom is -0.497 e. The zero-order chi connectivity index (χ0) is 14.4. The van der Waals surface area contributed by atoms with Gasteiger partial charge in [0.05, 0.1) is 13.7 Å². The summed E-state index contributed by atoms with van der Waals surface area (Å²) in [4.78, 5) is 25.2. The number of rotatable bonds is 6. The van der Waals surface area contributed by atoms with E-state index in [1.54, 1.807) is 36.8 Å². The maximum atomic E-state index is 11.7. The first-order valence-electron chi connectivity index (χ1n) is 5.98. The molecule has 20 heavy (non-hydrogen) atoms. The number of amides is 1. The van der Waals surface area contributed by atoms with Gasteiger partial charge in [0.2, 0.25) is 5.91 Å². The van der Waals surface area contributed by atoms with E-state index in [0.29, 0.717) is 18.0 Å². The van der Waals surface area contributed by atoms with Gasteiger partial charge in [-0.1, -0.05) is 17.4 Å². The van der Waals surface area contributed by atoms with E-state index in [1.165, 1.54) is 0 Å². The summed E-state index contributed by atoms with van der Waals surface area (Å²) in [5.74, 6) is 0.530. The lowest BCUT2D eigenvalue weighted by Crippen LogP contribution is -2.27. The monoisotopic (exact) mass is 293 g/mol. The molecule has 7 heteroatoms. The fourth-order valence-electron chi connectivity index (χ4n) is 1.62. The van der Waals surface area contributed by atoms with Crippen LogP contribution in [0.1, 0.15) is 5.69 Å². The molecule has 3 N–H and O–H groups in total. The zero-order valence-corrected chi connectivity index (χ0v) is 11.8. The van der Waals surface area contributed by atoms with Crippen molar-refractivity contribution in [2.75, 3.05) is 19.0 Å². The molecule has 0 spiro atoms. The van der Waals surface area contributed by atoms with Crippen LogP contribution < -0.4 is 20.2 Å². The van der Waals surface area contributed by atoms with Gasteiger partial charge in [-0.3, -0.25) is 9.59 Å². The molecule has 6 nitrogen and oxygen atoms in total. The quantitative estimate of drug-likeness (QED) is 0.746. The fourth-order valence-corrected chi connectivity index (χ4v) is 2.20. The molecule has 0 radical (unpaired) electrons. The van der Waals surface area contributed by atoms with Crippen molar-refractivity contribution >= 4 is 22.9 Å². The number of carbonyl (C=O) groups excluding carboxylic acids is 1. The first-order valence-corrected chi connectivity index (χ1v) is 6.86. The number of benzene rings is 1. The third kappa shape index (κ3) is 4.22. The number of hydrogen-bond acceptors (Lipinski definition) is 5. The number of aromatic amines is 1. The molecule has 0 aliphatic rings. The van der Waals surface area contributed by atoms with Crippen LogP contribution in [0.15, 0.2) is 34.4 Å². The summed E-state index contributed by atoms with van der Waals surface area (Å²) in [6.07, 6.45) is 0. The molecule has 0 unspecified atom stereocenters. The van der Waals surface area contributed by atoms with E-state index in [9.17, 15) is 9.59 Å². The van der Waals surface area contributed by atoms with Crippen molar-refractivity contribution in [1.82, 2.24) is 10.3 Å². The van der Waals surface area contributed by atoms with Gasteiger partial charge in [0.1, 0.15) is 5.75 Å². The summed E-state index contributed by atoms with van der Waals surface area (Å²) in [5, 5.41) is 7.45. The Bertz CT molecular complexity index is 636. The number of carbonyl (C=O) groups is 1. The molecular formula is C13H15N3O3S. The van der Waals surface area contributed by atoms with Crippen molar-refractivity contribution in [3.8, 4) is 5.75 Å². The predicted octanol–water partition coefficient (Wildman–Crippen LogP) is 1.17. The molecule has 1 amide bonds. The first-order chi connectivity index (χ1) is 9.67. The fraction of sp³-hybridized carbons (Fsp3) is 0.231. The van der Waals surface area contributed by atoms with E-state index in [0.717, 1.165) is 17.0 Å². The summed E-state index contributed by atoms with van der Waals surface area (Å²) in [5.41, 5.74) is 1.45. The minimum absolute atomic E-state index is 0.0948. The number of anilines is 1. The smallest absolute Gasteiger partial charge is 0.304 e. The van der Waals surface area contributed by atoms with Gasteiger partial charge >= 0.3 is 4.87 Å². The molecule has 106 valence electrons. The zero-order valence-electron chi connectivity index (χ0n) is 10.9. The molecule has 1 aromatic carbocycles. The highest BCUT2D eigenvalue weighted by Crippen LogP contribution is 2.16. The molecule has 0 saturated heterocycles. The molecule has 2 rings (SSSR count). The van der Waals surface area contributed by atoms with Crippen LogP contribution in [0, 0.1) is 0 Å². The second kappa shape index (κ2) is 6.88. The van der Waals surface area contributed by atoms with Crippen molar-refractivity contribution in [1.29, 1.82) is 0 Å². The summed E-state index contributed by atoms with van der Waals surface area (Å²) in [6, 6.07) is 7.14.